The van der Waals surface area contributed by atoms with E-state index in [1.165, 1.54) is 36.6 Å². The lowest BCUT2D eigenvalue weighted by molar-refractivity contribution is 0.102. The molecular formula is C19H26N4OS. The predicted octanol–water partition coefficient (Wildman–Crippen LogP) is 3.94. The number of nitrogens with zero attached hydrogens (tertiary/aromatic N) is 3. The first-order valence-corrected chi connectivity index (χ1v) is 9.90. The summed E-state index contributed by atoms with van der Waals surface area (Å²) in [6.45, 7) is 6.08. The summed E-state index contributed by atoms with van der Waals surface area (Å²) in [5, 5.41) is 9.12. The zero-order valence-electron chi connectivity index (χ0n) is 15.2. The maximum absolute atomic E-state index is 12.6. The monoisotopic (exact) mass is 358 g/mol. The molecule has 0 spiro atoms. The number of benzene rings is 1. The van der Waals surface area contributed by atoms with Crippen LogP contribution in [-0.4, -0.2) is 26.4 Å². The van der Waals surface area contributed by atoms with Gasteiger partial charge in [-0.1, -0.05) is 37.1 Å². The van der Waals surface area contributed by atoms with E-state index in [-0.39, 0.29) is 5.78 Å². The van der Waals surface area contributed by atoms with Crippen molar-refractivity contribution >= 4 is 17.5 Å². The van der Waals surface area contributed by atoms with Gasteiger partial charge in [-0.05, 0) is 56.4 Å². The number of rotatable bonds is 5. The lowest BCUT2D eigenvalue weighted by Gasteiger charge is -2.20. The van der Waals surface area contributed by atoms with E-state index in [1.54, 1.807) is 4.68 Å². The average molecular weight is 359 g/mol. The van der Waals surface area contributed by atoms with Gasteiger partial charge in [-0.3, -0.25) is 4.79 Å². The number of Topliss-reactive ketones (excluding diaryl/α,β-unsaturated/α-hetero) is 1. The van der Waals surface area contributed by atoms with E-state index in [2.05, 4.69) is 23.2 Å². The summed E-state index contributed by atoms with van der Waals surface area (Å²) in [6.07, 6.45) is 6.00. The molecule has 1 fully saturated rings. The fraction of sp³-hybridized carbons (Fsp3) is 0.526. The van der Waals surface area contributed by atoms with Crippen LogP contribution in [0.4, 0.5) is 0 Å². The molecule has 1 aromatic carbocycles. The maximum atomic E-state index is 12.6. The Kier molecular flexibility index (Phi) is 5.47. The molecule has 0 amide bonds. The highest BCUT2D eigenvalue weighted by Gasteiger charge is 2.23. The highest BCUT2D eigenvalue weighted by molar-refractivity contribution is 7.99. The molecule has 0 atom stereocenters. The van der Waals surface area contributed by atoms with Gasteiger partial charge in [-0.2, -0.15) is 0 Å². The SMILES string of the molecule is Cc1cc(C)c(C(=O)CSc2nnc(C3CCCCC3)n2N)cc1C. The summed E-state index contributed by atoms with van der Waals surface area (Å²) in [4.78, 5) is 12.6. The summed E-state index contributed by atoms with van der Waals surface area (Å²) >= 11 is 1.37. The first-order chi connectivity index (χ1) is 12.0. The fourth-order valence-electron chi connectivity index (χ4n) is 3.49. The first-order valence-electron chi connectivity index (χ1n) is 8.91. The fourth-order valence-corrected chi connectivity index (χ4v) is 4.24. The van der Waals surface area contributed by atoms with Crippen molar-refractivity contribution in [3.05, 3.63) is 40.2 Å². The number of hydrogen-bond acceptors (Lipinski definition) is 5. The van der Waals surface area contributed by atoms with Crippen LogP contribution in [0.15, 0.2) is 17.3 Å². The van der Waals surface area contributed by atoms with Crippen molar-refractivity contribution < 1.29 is 4.79 Å². The molecule has 1 aliphatic rings. The highest BCUT2D eigenvalue weighted by Crippen LogP contribution is 2.32. The molecule has 25 heavy (non-hydrogen) atoms. The van der Waals surface area contributed by atoms with E-state index in [1.807, 2.05) is 19.9 Å². The zero-order chi connectivity index (χ0) is 18.0. The molecule has 0 bridgehead atoms. The van der Waals surface area contributed by atoms with Gasteiger partial charge in [0.2, 0.25) is 5.16 Å². The molecule has 3 rings (SSSR count). The van der Waals surface area contributed by atoms with Crippen LogP contribution in [-0.2, 0) is 0 Å². The molecule has 134 valence electrons. The van der Waals surface area contributed by atoms with E-state index in [9.17, 15) is 4.79 Å². The second kappa shape index (κ2) is 7.60. The third-order valence-electron chi connectivity index (χ3n) is 5.13. The van der Waals surface area contributed by atoms with Crippen molar-refractivity contribution in [1.29, 1.82) is 0 Å². The van der Waals surface area contributed by atoms with Gasteiger partial charge in [0, 0.05) is 11.5 Å². The number of aromatic nitrogens is 3. The molecule has 2 N–H and O–H groups in total. The number of carbonyl (C=O) groups excluding carboxylic acids is 1. The molecule has 2 aromatic rings. The average Bonchev–Trinajstić information content (AvgIpc) is 2.97. The van der Waals surface area contributed by atoms with Crippen molar-refractivity contribution in [3.8, 4) is 0 Å². The molecule has 0 aliphatic heterocycles. The summed E-state index contributed by atoms with van der Waals surface area (Å²) in [5.74, 6) is 7.88. The normalized spacial score (nSPS) is 15.5. The summed E-state index contributed by atoms with van der Waals surface area (Å²) in [7, 11) is 0. The van der Waals surface area contributed by atoms with Crippen molar-refractivity contribution in [1.82, 2.24) is 14.9 Å². The molecule has 1 heterocycles. The molecular weight excluding hydrogens is 332 g/mol. The van der Waals surface area contributed by atoms with Crippen LogP contribution in [0.2, 0.25) is 0 Å². The van der Waals surface area contributed by atoms with Gasteiger partial charge in [-0.15, -0.1) is 10.2 Å². The van der Waals surface area contributed by atoms with Crippen LogP contribution in [0, 0.1) is 20.8 Å². The van der Waals surface area contributed by atoms with Crippen LogP contribution in [0.1, 0.15) is 70.9 Å². The largest absolute Gasteiger partial charge is 0.336 e. The van der Waals surface area contributed by atoms with Crippen molar-refractivity contribution in [3.63, 3.8) is 0 Å². The van der Waals surface area contributed by atoms with Crippen molar-refractivity contribution in [2.24, 2.45) is 0 Å². The lowest BCUT2D eigenvalue weighted by Crippen LogP contribution is -2.19. The summed E-state index contributed by atoms with van der Waals surface area (Å²) < 4.78 is 1.58. The quantitative estimate of drug-likeness (QED) is 0.498. The number of nitrogens with two attached hydrogens (primary N) is 1. The number of hydrogen-bond donors (Lipinski definition) is 1. The topological polar surface area (TPSA) is 73.8 Å². The van der Waals surface area contributed by atoms with Crippen LogP contribution in [0.5, 0.6) is 0 Å². The maximum Gasteiger partial charge on any atom is 0.210 e. The van der Waals surface area contributed by atoms with Crippen LogP contribution in [0.3, 0.4) is 0 Å². The summed E-state index contributed by atoms with van der Waals surface area (Å²) in [6, 6.07) is 4.05. The molecule has 0 radical (unpaired) electrons. The Labute approximate surface area is 153 Å². The van der Waals surface area contributed by atoms with Gasteiger partial charge in [-0.25, -0.2) is 4.68 Å². The van der Waals surface area contributed by atoms with Crippen LogP contribution < -0.4 is 5.84 Å². The molecule has 0 unspecified atom stereocenters. The van der Waals surface area contributed by atoms with Crippen LogP contribution >= 0.6 is 11.8 Å². The minimum atomic E-state index is 0.104. The number of nitrogen functional groups attached to an aromatic ring is 1. The zero-order valence-corrected chi connectivity index (χ0v) is 16.0. The predicted molar refractivity (Wildman–Crippen MR) is 102 cm³/mol. The Morgan fingerprint density at radius 1 is 1.12 bits per heavy atom. The Balaban J connectivity index is 1.68. The van der Waals surface area contributed by atoms with Crippen LogP contribution in [0.25, 0.3) is 0 Å². The van der Waals surface area contributed by atoms with E-state index >= 15 is 0 Å². The molecule has 0 saturated heterocycles. The minimum absolute atomic E-state index is 0.104. The molecule has 1 saturated carbocycles. The number of aryl methyl sites for hydroxylation is 3. The van der Waals surface area contributed by atoms with E-state index < -0.39 is 0 Å². The van der Waals surface area contributed by atoms with E-state index in [4.69, 9.17) is 5.84 Å². The lowest BCUT2D eigenvalue weighted by atomic mass is 9.89. The Hall–Kier alpha value is -1.82. The minimum Gasteiger partial charge on any atom is -0.336 e. The second-order valence-corrected chi connectivity index (χ2v) is 7.95. The van der Waals surface area contributed by atoms with E-state index in [0.29, 0.717) is 16.8 Å². The van der Waals surface area contributed by atoms with Gasteiger partial charge in [0.25, 0.3) is 0 Å². The Morgan fingerprint density at radius 3 is 2.52 bits per heavy atom. The number of thioether (sulfide) groups is 1. The standard InChI is InChI=1S/C19H26N4OS/c1-12-9-14(3)16(10-13(12)2)17(24)11-25-19-22-21-18(23(19)20)15-7-5-4-6-8-15/h9-10,15H,4-8,11,20H2,1-3H3. The number of carbonyl (C=O) groups is 1. The van der Waals surface area contributed by atoms with Gasteiger partial charge in [0.1, 0.15) is 0 Å². The van der Waals surface area contributed by atoms with Crippen molar-refractivity contribution in [2.45, 2.75) is 63.9 Å². The third kappa shape index (κ3) is 3.89. The highest BCUT2D eigenvalue weighted by atomic mass is 32.2. The van der Waals surface area contributed by atoms with E-state index in [0.717, 1.165) is 35.4 Å². The smallest absolute Gasteiger partial charge is 0.210 e. The molecule has 6 heteroatoms. The molecule has 5 nitrogen and oxygen atoms in total. The van der Waals surface area contributed by atoms with Gasteiger partial charge < -0.3 is 5.84 Å². The third-order valence-corrected chi connectivity index (χ3v) is 6.08. The summed E-state index contributed by atoms with van der Waals surface area (Å²) in [5.41, 5.74) is 4.15. The Morgan fingerprint density at radius 2 is 1.80 bits per heavy atom. The molecule has 1 aromatic heterocycles. The van der Waals surface area contributed by atoms with Gasteiger partial charge in [0.15, 0.2) is 11.6 Å². The first kappa shape index (κ1) is 18.0. The second-order valence-electron chi connectivity index (χ2n) is 7.01. The van der Waals surface area contributed by atoms with Crippen molar-refractivity contribution in [2.75, 3.05) is 11.6 Å². The number of ketones is 1. The molecule has 1 aliphatic carbocycles. The van der Waals surface area contributed by atoms with Gasteiger partial charge in [0.05, 0.1) is 5.75 Å². The van der Waals surface area contributed by atoms with Gasteiger partial charge >= 0.3 is 0 Å². The Bertz CT molecular complexity index is 778.